The maximum atomic E-state index is 11.7. The number of aromatic amines is 1. The van der Waals surface area contributed by atoms with E-state index in [0.717, 1.165) is 17.0 Å². The van der Waals surface area contributed by atoms with Gasteiger partial charge in [0.05, 0.1) is 7.05 Å². The molecule has 1 aromatic carbocycles. The van der Waals surface area contributed by atoms with Crippen molar-refractivity contribution >= 4 is 34.6 Å². The number of nitrogens with zero attached hydrogens (tertiary/aromatic N) is 4. The number of benzene rings is 1. The topological polar surface area (TPSA) is 101 Å². The number of thioether (sulfide) groups is 1. The van der Waals surface area contributed by atoms with Gasteiger partial charge in [-0.25, -0.2) is 4.79 Å². The Morgan fingerprint density at radius 3 is 3.00 bits per heavy atom. The average Bonchev–Trinajstić information content (AvgIpc) is 3.06. The van der Waals surface area contributed by atoms with Gasteiger partial charge in [0.2, 0.25) is 0 Å². The predicted octanol–water partition coefficient (Wildman–Crippen LogP) is 1.91. The molecule has 0 unspecified atom stereocenters. The van der Waals surface area contributed by atoms with Crippen molar-refractivity contribution in [3.8, 4) is 0 Å². The molecule has 0 aliphatic heterocycles. The molecule has 120 valence electrons. The van der Waals surface area contributed by atoms with E-state index >= 15 is 0 Å². The number of rotatable bonds is 5. The first-order chi connectivity index (χ1) is 11.1. The average molecular weight is 331 g/mol. The minimum atomic E-state index is -0.339. The van der Waals surface area contributed by atoms with E-state index < -0.39 is 0 Å². The number of fused-ring (bicyclic) bond motifs is 1. The molecule has 0 saturated carbocycles. The summed E-state index contributed by atoms with van der Waals surface area (Å²) >= 11 is 1.71. The van der Waals surface area contributed by atoms with E-state index in [1.165, 1.54) is 15.1 Å². The second-order valence-electron chi connectivity index (χ2n) is 4.96. The number of carbonyl (C=O) groups is 1. The summed E-state index contributed by atoms with van der Waals surface area (Å²) in [6.45, 7) is 2.60. The lowest BCUT2D eigenvalue weighted by Gasteiger charge is -2.05. The molecule has 2 amide bonds. The SMILES string of the molecule is Cc1[nH]c2ccccc2c1SCCNC(=O)Nc1nnn(C)n1. The number of hydrogen-bond donors (Lipinski definition) is 3. The normalized spacial score (nSPS) is 10.9. The fraction of sp³-hybridized carbons (Fsp3) is 0.286. The molecular formula is C14H17N7OS. The highest BCUT2D eigenvalue weighted by atomic mass is 32.2. The van der Waals surface area contributed by atoms with Gasteiger partial charge in [0.25, 0.3) is 5.95 Å². The number of anilines is 1. The molecule has 9 heteroatoms. The second-order valence-corrected chi connectivity index (χ2v) is 6.06. The summed E-state index contributed by atoms with van der Waals surface area (Å²) in [5.74, 6) is 0.953. The molecule has 3 aromatic rings. The smallest absolute Gasteiger partial charge is 0.321 e. The number of aryl methyl sites for hydroxylation is 2. The van der Waals surface area contributed by atoms with Gasteiger partial charge in [-0.1, -0.05) is 23.3 Å². The van der Waals surface area contributed by atoms with Crippen LogP contribution in [0, 0.1) is 6.92 Å². The van der Waals surface area contributed by atoms with Crippen LogP contribution in [0.3, 0.4) is 0 Å². The van der Waals surface area contributed by atoms with Crippen LogP contribution in [0.25, 0.3) is 10.9 Å². The summed E-state index contributed by atoms with van der Waals surface area (Å²) in [6, 6.07) is 7.86. The molecule has 3 N–H and O–H groups in total. The van der Waals surface area contributed by atoms with Crippen molar-refractivity contribution in [3.63, 3.8) is 0 Å². The Balaban J connectivity index is 1.49. The summed E-state index contributed by atoms with van der Waals surface area (Å²) in [5, 5.41) is 17.7. The molecule has 0 atom stereocenters. The van der Waals surface area contributed by atoms with E-state index in [1.807, 2.05) is 12.1 Å². The Kier molecular flexibility index (Phi) is 4.47. The summed E-state index contributed by atoms with van der Waals surface area (Å²) in [6.07, 6.45) is 0. The van der Waals surface area contributed by atoms with Gasteiger partial charge in [-0.3, -0.25) is 5.32 Å². The second kappa shape index (κ2) is 6.69. The standard InChI is InChI=1S/C14H17N7OS/c1-9-12(10-5-3-4-6-11(10)16-9)23-8-7-15-14(22)17-13-18-20-21(2)19-13/h3-6,16H,7-8H2,1-2H3,(H2,15,17,19,22). The molecule has 23 heavy (non-hydrogen) atoms. The van der Waals surface area contributed by atoms with Crippen LogP contribution >= 0.6 is 11.8 Å². The minimum absolute atomic E-state index is 0.185. The Labute approximate surface area is 137 Å². The molecular weight excluding hydrogens is 314 g/mol. The number of H-pyrrole nitrogens is 1. The van der Waals surface area contributed by atoms with E-state index in [0.29, 0.717) is 6.54 Å². The van der Waals surface area contributed by atoms with Crippen molar-refractivity contribution in [3.05, 3.63) is 30.0 Å². The number of hydrogen-bond acceptors (Lipinski definition) is 5. The number of para-hydroxylation sites is 1. The van der Waals surface area contributed by atoms with Crippen LogP contribution in [0.1, 0.15) is 5.69 Å². The van der Waals surface area contributed by atoms with E-state index in [9.17, 15) is 4.79 Å². The van der Waals surface area contributed by atoms with Crippen LogP contribution in [0.5, 0.6) is 0 Å². The van der Waals surface area contributed by atoms with Gasteiger partial charge in [0.15, 0.2) is 0 Å². The molecule has 0 aliphatic rings. The summed E-state index contributed by atoms with van der Waals surface area (Å²) in [4.78, 5) is 17.6. The van der Waals surface area contributed by atoms with Crippen LogP contribution in [-0.4, -0.2) is 43.5 Å². The lowest BCUT2D eigenvalue weighted by atomic mass is 10.2. The van der Waals surface area contributed by atoms with Gasteiger partial charge in [-0.2, -0.15) is 4.80 Å². The molecule has 0 spiro atoms. The summed E-state index contributed by atoms with van der Waals surface area (Å²) < 4.78 is 0. The molecule has 0 saturated heterocycles. The van der Waals surface area contributed by atoms with Gasteiger partial charge in [0.1, 0.15) is 0 Å². The summed E-state index contributed by atoms with van der Waals surface area (Å²) in [5.41, 5.74) is 2.27. The van der Waals surface area contributed by atoms with Crippen molar-refractivity contribution in [2.45, 2.75) is 11.8 Å². The van der Waals surface area contributed by atoms with Crippen LogP contribution in [0.15, 0.2) is 29.2 Å². The van der Waals surface area contributed by atoms with Crippen molar-refractivity contribution < 1.29 is 4.79 Å². The third-order valence-corrected chi connectivity index (χ3v) is 4.43. The first-order valence-corrected chi connectivity index (χ1v) is 8.11. The summed E-state index contributed by atoms with van der Waals surface area (Å²) in [7, 11) is 1.64. The quantitative estimate of drug-likeness (QED) is 0.490. The number of tetrazole rings is 1. The molecule has 0 aliphatic carbocycles. The Morgan fingerprint density at radius 2 is 2.22 bits per heavy atom. The maximum absolute atomic E-state index is 11.7. The van der Waals surface area contributed by atoms with Crippen molar-refractivity contribution in [2.24, 2.45) is 7.05 Å². The van der Waals surface area contributed by atoms with Crippen LogP contribution in [0.2, 0.25) is 0 Å². The van der Waals surface area contributed by atoms with Crippen LogP contribution in [-0.2, 0) is 7.05 Å². The maximum Gasteiger partial charge on any atom is 0.321 e. The number of nitrogens with one attached hydrogen (secondary N) is 3. The number of amides is 2. The van der Waals surface area contributed by atoms with Gasteiger partial charge >= 0.3 is 6.03 Å². The van der Waals surface area contributed by atoms with Gasteiger partial charge in [-0.15, -0.1) is 16.9 Å². The van der Waals surface area contributed by atoms with Gasteiger partial charge < -0.3 is 10.3 Å². The lowest BCUT2D eigenvalue weighted by Crippen LogP contribution is -2.31. The molecule has 0 bridgehead atoms. The first kappa shape index (κ1) is 15.3. The van der Waals surface area contributed by atoms with Crippen LogP contribution < -0.4 is 10.6 Å². The highest BCUT2D eigenvalue weighted by Gasteiger charge is 2.09. The van der Waals surface area contributed by atoms with Gasteiger partial charge in [-0.05, 0) is 18.2 Å². The van der Waals surface area contributed by atoms with Gasteiger partial charge in [0, 0.05) is 33.8 Å². The lowest BCUT2D eigenvalue weighted by molar-refractivity contribution is 0.252. The molecule has 2 heterocycles. The molecule has 0 fully saturated rings. The zero-order valence-corrected chi connectivity index (χ0v) is 13.6. The van der Waals surface area contributed by atoms with Crippen molar-refractivity contribution in [1.82, 2.24) is 30.5 Å². The van der Waals surface area contributed by atoms with Crippen molar-refractivity contribution in [1.29, 1.82) is 0 Å². The Bertz CT molecular complexity index is 826. The minimum Gasteiger partial charge on any atom is -0.358 e. The fourth-order valence-corrected chi connectivity index (χ4v) is 3.24. The predicted molar refractivity (Wildman–Crippen MR) is 89.6 cm³/mol. The highest BCUT2D eigenvalue weighted by Crippen LogP contribution is 2.30. The van der Waals surface area contributed by atoms with E-state index in [1.54, 1.807) is 18.8 Å². The molecule has 8 nitrogen and oxygen atoms in total. The third-order valence-electron chi connectivity index (χ3n) is 3.20. The number of urea groups is 1. The molecule has 0 radical (unpaired) electrons. The Morgan fingerprint density at radius 1 is 1.39 bits per heavy atom. The van der Waals surface area contributed by atoms with Crippen molar-refractivity contribution in [2.75, 3.05) is 17.6 Å². The first-order valence-electron chi connectivity index (χ1n) is 7.12. The zero-order chi connectivity index (χ0) is 16.2. The number of carbonyl (C=O) groups excluding carboxylic acids is 1. The van der Waals surface area contributed by atoms with Crippen LogP contribution in [0.4, 0.5) is 10.7 Å². The Hall–Kier alpha value is -2.55. The van der Waals surface area contributed by atoms with E-state index in [4.69, 9.17) is 0 Å². The monoisotopic (exact) mass is 331 g/mol. The van der Waals surface area contributed by atoms with E-state index in [-0.39, 0.29) is 12.0 Å². The molecule has 3 rings (SSSR count). The third kappa shape index (κ3) is 3.62. The number of aromatic nitrogens is 5. The highest BCUT2D eigenvalue weighted by molar-refractivity contribution is 7.99. The largest absolute Gasteiger partial charge is 0.358 e. The molecule has 2 aromatic heterocycles. The fourth-order valence-electron chi connectivity index (χ4n) is 2.23. The van der Waals surface area contributed by atoms with E-state index in [2.05, 4.69) is 50.1 Å². The zero-order valence-electron chi connectivity index (χ0n) is 12.8.